The fourth-order valence-corrected chi connectivity index (χ4v) is 6.51. The number of aliphatic hydroxyl groups is 4. The number of phenols is 2. The number of hydrogen-bond donors (Lipinski definition) is 6. The molecule has 12 nitrogen and oxygen atoms in total. The molecule has 0 radical (unpaired) electrons. The molecule has 2 fully saturated rings. The highest BCUT2D eigenvalue weighted by molar-refractivity contribution is 6.42. The minimum atomic E-state index is -1.33. The first-order valence-electron chi connectivity index (χ1n) is 14.2. The molecular formula is C31H34O12. The summed E-state index contributed by atoms with van der Waals surface area (Å²) in [4.78, 5) is 27.7. The number of aliphatic hydroxyl groups excluding tert-OH is 4. The lowest BCUT2D eigenvalue weighted by Gasteiger charge is -2.42. The van der Waals surface area contributed by atoms with E-state index in [1.807, 2.05) is 0 Å². The van der Waals surface area contributed by atoms with Crippen molar-refractivity contribution < 1.29 is 59.2 Å². The number of allylic oxidation sites excluding steroid dienone is 1. The Bertz CT molecular complexity index is 1490. The van der Waals surface area contributed by atoms with Crippen LogP contribution in [0.5, 0.6) is 17.2 Å². The molecule has 2 aromatic carbocycles. The summed E-state index contributed by atoms with van der Waals surface area (Å²) in [5, 5.41) is 63.3. The molecule has 0 amide bonds. The van der Waals surface area contributed by atoms with Crippen molar-refractivity contribution in [3.63, 3.8) is 0 Å². The first-order chi connectivity index (χ1) is 20.3. The van der Waals surface area contributed by atoms with E-state index in [1.165, 1.54) is 18.2 Å². The first kappa shape index (κ1) is 29.7. The van der Waals surface area contributed by atoms with E-state index in [4.69, 9.17) is 18.9 Å². The fraction of sp³-hybridized carbons (Fsp3) is 0.484. The van der Waals surface area contributed by atoms with E-state index in [-0.39, 0.29) is 58.6 Å². The van der Waals surface area contributed by atoms with Gasteiger partial charge in [-0.2, -0.15) is 0 Å². The number of ether oxygens (including phenoxy) is 4. The third kappa shape index (κ3) is 5.02. The number of hydrogen-bond acceptors (Lipinski definition) is 12. The lowest BCUT2D eigenvalue weighted by molar-refractivity contribution is -0.303. The minimum absolute atomic E-state index is 0.00193. The SMILES string of the molecule is Cc1cc(O)c2c(c1)C[C@@H](O)C1=C2C(=O)c2c(O[C@H]3C[C@@H](O)[C@@H](O[C@H]4C[C@@H](O)[C@@H](O)[C@@H](C)O4)[C@@H](C)O3)ccc(O)c2C1=O. The zero-order chi connectivity index (χ0) is 30.9. The number of Topliss-reactive ketones (excluding diaryl/α,β-unsaturated/α-hetero) is 2. The second kappa shape index (κ2) is 11.0. The molecule has 2 aliphatic heterocycles. The highest BCUT2D eigenvalue weighted by Crippen LogP contribution is 2.47. The third-order valence-electron chi connectivity index (χ3n) is 8.57. The Morgan fingerprint density at radius 2 is 1.51 bits per heavy atom. The van der Waals surface area contributed by atoms with E-state index < -0.39 is 72.6 Å². The Labute approximate surface area is 246 Å². The summed E-state index contributed by atoms with van der Waals surface area (Å²) in [6.07, 6.45) is -8.90. The number of ketones is 2. The summed E-state index contributed by atoms with van der Waals surface area (Å²) >= 11 is 0. The first-order valence-corrected chi connectivity index (χ1v) is 14.2. The van der Waals surface area contributed by atoms with Crippen molar-refractivity contribution in [1.82, 2.24) is 0 Å². The monoisotopic (exact) mass is 598 g/mol. The molecule has 4 aliphatic rings. The zero-order valence-corrected chi connectivity index (χ0v) is 23.8. The largest absolute Gasteiger partial charge is 0.507 e. The van der Waals surface area contributed by atoms with Gasteiger partial charge in [-0.15, -0.1) is 0 Å². The van der Waals surface area contributed by atoms with Crippen LogP contribution in [0.1, 0.15) is 64.1 Å². The molecule has 230 valence electrons. The number of aryl methyl sites for hydroxylation is 1. The van der Waals surface area contributed by atoms with Crippen LogP contribution in [0.4, 0.5) is 0 Å². The maximum atomic E-state index is 14.0. The smallest absolute Gasteiger partial charge is 0.202 e. The van der Waals surface area contributed by atoms with Gasteiger partial charge >= 0.3 is 0 Å². The maximum Gasteiger partial charge on any atom is 0.202 e. The summed E-state index contributed by atoms with van der Waals surface area (Å²) in [5.74, 6) is -2.25. The van der Waals surface area contributed by atoms with Crippen LogP contribution in [0.3, 0.4) is 0 Å². The van der Waals surface area contributed by atoms with E-state index >= 15 is 0 Å². The van der Waals surface area contributed by atoms with Gasteiger partial charge in [-0.25, -0.2) is 0 Å². The van der Waals surface area contributed by atoms with Crippen molar-refractivity contribution >= 4 is 17.1 Å². The van der Waals surface area contributed by atoms with E-state index in [0.717, 1.165) is 0 Å². The number of phenolic OH excluding ortho intramolecular Hbond substituents is 2. The van der Waals surface area contributed by atoms with Crippen molar-refractivity contribution in [3.8, 4) is 17.2 Å². The molecule has 0 spiro atoms. The number of fused-ring (bicyclic) bond motifs is 3. The number of benzene rings is 2. The molecule has 0 saturated carbocycles. The van der Waals surface area contributed by atoms with Gasteiger partial charge in [-0.3, -0.25) is 9.59 Å². The van der Waals surface area contributed by atoms with Crippen LogP contribution in [0, 0.1) is 6.92 Å². The fourth-order valence-electron chi connectivity index (χ4n) is 6.51. The summed E-state index contributed by atoms with van der Waals surface area (Å²) in [6, 6.07) is 5.71. The number of carbonyl (C=O) groups is 2. The molecule has 2 saturated heterocycles. The molecule has 2 aliphatic carbocycles. The van der Waals surface area contributed by atoms with Gasteiger partial charge in [0.25, 0.3) is 0 Å². The van der Waals surface area contributed by atoms with Crippen LogP contribution in [0.2, 0.25) is 0 Å². The Morgan fingerprint density at radius 3 is 2.21 bits per heavy atom. The van der Waals surface area contributed by atoms with Gasteiger partial charge in [0.2, 0.25) is 6.29 Å². The third-order valence-corrected chi connectivity index (χ3v) is 8.57. The Hall–Kier alpha value is -3.36. The Kier molecular flexibility index (Phi) is 7.58. The molecule has 0 aromatic heterocycles. The molecule has 2 aromatic rings. The zero-order valence-electron chi connectivity index (χ0n) is 23.8. The molecule has 12 heteroatoms. The number of aromatic hydroxyl groups is 2. The molecule has 0 bridgehead atoms. The molecule has 9 atom stereocenters. The second-order valence-electron chi connectivity index (χ2n) is 11.7. The van der Waals surface area contributed by atoms with Crippen molar-refractivity contribution in [2.45, 2.75) is 95.3 Å². The van der Waals surface area contributed by atoms with E-state index in [9.17, 15) is 40.2 Å². The molecule has 2 heterocycles. The van der Waals surface area contributed by atoms with Gasteiger partial charge in [0.1, 0.15) is 29.5 Å². The van der Waals surface area contributed by atoms with Gasteiger partial charge in [0.05, 0.1) is 41.6 Å². The van der Waals surface area contributed by atoms with E-state index in [2.05, 4.69) is 0 Å². The Morgan fingerprint density at radius 1 is 0.814 bits per heavy atom. The van der Waals surface area contributed by atoms with Crippen LogP contribution < -0.4 is 4.74 Å². The average Bonchev–Trinajstić information content (AvgIpc) is 2.92. The van der Waals surface area contributed by atoms with Crippen LogP contribution in [-0.4, -0.2) is 97.5 Å². The van der Waals surface area contributed by atoms with Gasteiger partial charge in [0, 0.05) is 36.0 Å². The Balaban J connectivity index is 1.27. The van der Waals surface area contributed by atoms with Crippen molar-refractivity contribution in [2.75, 3.05) is 0 Å². The summed E-state index contributed by atoms with van der Waals surface area (Å²) in [6.45, 7) is 5.00. The van der Waals surface area contributed by atoms with Crippen LogP contribution in [-0.2, 0) is 20.6 Å². The summed E-state index contributed by atoms with van der Waals surface area (Å²) < 4.78 is 23.5. The van der Waals surface area contributed by atoms with Gasteiger partial charge in [-0.05, 0) is 50.1 Å². The topological polar surface area (TPSA) is 192 Å². The molecule has 0 unspecified atom stereocenters. The summed E-state index contributed by atoms with van der Waals surface area (Å²) in [5.41, 5.74) is 0.445. The predicted molar refractivity (Wildman–Crippen MR) is 148 cm³/mol. The lowest BCUT2D eigenvalue weighted by atomic mass is 9.72. The van der Waals surface area contributed by atoms with E-state index in [1.54, 1.807) is 26.8 Å². The van der Waals surface area contributed by atoms with Gasteiger partial charge in [0.15, 0.2) is 17.9 Å². The quantitative estimate of drug-likeness (QED) is 0.296. The summed E-state index contributed by atoms with van der Waals surface area (Å²) in [7, 11) is 0. The van der Waals surface area contributed by atoms with Crippen LogP contribution in [0.25, 0.3) is 5.57 Å². The predicted octanol–water partition coefficient (Wildman–Crippen LogP) is 1.27. The van der Waals surface area contributed by atoms with Crippen LogP contribution in [0.15, 0.2) is 29.8 Å². The normalized spacial score (nSPS) is 34.0. The lowest BCUT2D eigenvalue weighted by Crippen LogP contribution is -2.54. The number of rotatable bonds is 4. The second-order valence-corrected chi connectivity index (χ2v) is 11.7. The average molecular weight is 599 g/mol. The van der Waals surface area contributed by atoms with Crippen molar-refractivity contribution in [2.24, 2.45) is 0 Å². The van der Waals surface area contributed by atoms with Crippen molar-refractivity contribution in [3.05, 3.63) is 57.7 Å². The van der Waals surface area contributed by atoms with Crippen LogP contribution >= 0.6 is 0 Å². The van der Waals surface area contributed by atoms with Gasteiger partial charge < -0.3 is 49.6 Å². The molecular weight excluding hydrogens is 564 g/mol. The highest BCUT2D eigenvalue weighted by Gasteiger charge is 2.46. The van der Waals surface area contributed by atoms with Crippen molar-refractivity contribution in [1.29, 1.82) is 0 Å². The molecule has 6 rings (SSSR count). The highest BCUT2D eigenvalue weighted by atomic mass is 16.7. The standard InChI is InChI=1S/C31H34O12/c1-11-6-14-8-17(34)25-27(23(14)16(33)7-11)30(39)26-20(5-4-15(32)24(26)29(25)38)42-21-10-19(36)31(13(3)41-21)43-22-9-18(35)28(37)12(2)40-22/h4-7,12-13,17-19,21-22,28,31-37H,8-10H2,1-3H3/t12-,13-,17-,18-,19-,21+,22+,28+,31+/m1/s1. The minimum Gasteiger partial charge on any atom is -0.507 e. The molecule has 6 N–H and O–H groups in total. The molecule has 43 heavy (non-hydrogen) atoms. The van der Waals surface area contributed by atoms with E-state index in [0.29, 0.717) is 11.1 Å². The number of carbonyl (C=O) groups excluding carboxylic acids is 2. The maximum absolute atomic E-state index is 14.0. The van der Waals surface area contributed by atoms with Gasteiger partial charge in [-0.1, -0.05) is 6.07 Å².